The molecule has 86 valence electrons. The van der Waals surface area contributed by atoms with E-state index in [1.807, 2.05) is 12.1 Å². The van der Waals surface area contributed by atoms with E-state index < -0.39 is 5.92 Å². The Morgan fingerprint density at radius 1 is 1.71 bits per heavy atom. The molecule has 0 spiro atoms. The molecule has 0 aromatic carbocycles. The highest BCUT2D eigenvalue weighted by Gasteiger charge is 2.25. The molecule has 0 fully saturated rings. The maximum absolute atomic E-state index is 11.5. The average Bonchev–Trinajstić information content (AvgIpc) is 2.68. The number of imidazole rings is 1. The van der Waals surface area contributed by atoms with E-state index in [1.165, 1.54) is 0 Å². The molecular formula is C11H9ClN4O. The molecule has 5 nitrogen and oxygen atoms in total. The van der Waals surface area contributed by atoms with Crippen molar-refractivity contribution in [2.75, 3.05) is 5.88 Å². The number of alkyl halides is 1. The zero-order chi connectivity index (χ0) is 12.4. The third-order valence-corrected chi connectivity index (χ3v) is 2.80. The minimum Gasteiger partial charge on any atom is -0.328 e. The number of ketones is 1. The van der Waals surface area contributed by atoms with Crippen molar-refractivity contribution in [2.45, 2.75) is 5.92 Å². The van der Waals surface area contributed by atoms with Gasteiger partial charge in [-0.1, -0.05) is 0 Å². The molecule has 0 bridgehead atoms. The number of Topliss-reactive ketones (excluding diaryl/α,β-unsaturated/α-hetero) is 1. The van der Waals surface area contributed by atoms with Gasteiger partial charge in [-0.2, -0.15) is 5.26 Å². The molecule has 0 radical (unpaired) electrons. The summed E-state index contributed by atoms with van der Waals surface area (Å²) in [4.78, 5) is 19.8. The van der Waals surface area contributed by atoms with E-state index in [1.54, 1.807) is 23.9 Å². The number of aromatic nitrogens is 3. The number of rotatable bonds is 3. The smallest absolute Gasteiger partial charge is 0.177 e. The van der Waals surface area contributed by atoms with Gasteiger partial charge in [0.2, 0.25) is 0 Å². The second-order valence-electron chi connectivity index (χ2n) is 3.54. The first-order chi connectivity index (χ1) is 8.19. The summed E-state index contributed by atoms with van der Waals surface area (Å²) in [5, 5.41) is 9.03. The van der Waals surface area contributed by atoms with Crippen LogP contribution in [-0.4, -0.2) is 26.2 Å². The number of aryl methyl sites for hydroxylation is 1. The van der Waals surface area contributed by atoms with E-state index in [-0.39, 0.29) is 11.7 Å². The van der Waals surface area contributed by atoms with Gasteiger partial charge in [-0.25, -0.2) is 9.97 Å². The van der Waals surface area contributed by atoms with Gasteiger partial charge in [0.05, 0.1) is 17.5 Å². The number of fused-ring (bicyclic) bond motifs is 1. The zero-order valence-electron chi connectivity index (χ0n) is 9.09. The number of halogens is 1. The third kappa shape index (κ3) is 1.87. The van der Waals surface area contributed by atoms with Crippen molar-refractivity contribution in [3.63, 3.8) is 0 Å². The maximum atomic E-state index is 11.5. The van der Waals surface area contributed by atoms with E-state index in [0.29, 0.717) is 11.5 Å². The normalized spacial score (nSPS) is 12.3. The van der Waals surface area contributed by atoms with E-state index in [9.17, 15) is 4.79 Å². The monoisotopic (exact) mass is 248 g/mol. The van der Waals surface area contributed by atoms with Gasteiger partial charge < -0.3 is 4.57 Å². The van der Waals surface area contributed by atoms with Crippen LogP contribution in [0.15, 0.2) is 18.3 Å². The van der Waals surface area contributed by atoms with Crippen molar-refractivity contribution in [1.29, 1.82) is 5.26 Å². The van der Waals surface area contributed by atoms with Crippen LogP contribution in [0.5, 0.6) is 0 Å². The summed E-state index contributed by atoms with van der Waals surface area (Å²) in [5.41, 5.74) is 1.30. The summed E-state index contributed by atoms with van der Waals surface area (Å²) < 4.78 is 1.70. The highest BCUT2D eigenvalue weighted by molar-refractivity contribution is 6.28. The van der Waals surface area contributed by atoms with Gasteiger partial charge in [-0.3, -0.25) is 4.79 Å². The largest absolute Gasteiger partial charge is 0.328 e. The van der Waals surface area contributed by atoms with E-state index in [0.717, 1.165) is 5.52 Å². The van der Waals surface area contributed by atoms with Crippen molar-refractivity contribution in [3.8, 4) is 6.07 Å². The van der Waals surface area contributed by atoms with Gasteiger partial charge >= 0.3 is 0 Å². The van der Waals surface area contributed by atoms with Crippen molar-refractivity contribution in [1.82, 2.24) is 14.5 Å². The van der Waals surface area contributed by atoms with E-state index in [2.05, 4.69) is 9.97 Å². The van der Waals surface area contributed by atoms with Crippen molar-refractivity contribution < 1.29 is 4.79 Å². The Morgan fingerprint density at radius 3 is 3.06 bits per heavy atom. The van der Waals surface area contributed by atoms with Gasteiger partial charge in [0, 0.05) is 13.2 Å². The first-order valence-corrected chi connectivity index (χ1v) is 5.48. The van der Waals surface area contributed by atoms with Crippen LogP contribution in [0, 0.1) is 11.3 Å². The summed E-state index contributed by atoms with van der Waals surface area (Å²) >= 11 is 5.47. The molecule has 2 aromatic heterocycles. The van der Waals surface area contributed by atoms with Crippen LogP contribution in [0.3, 0.4) is 0 Å². The second kappa shape index (κ2) is 4.52. The van der Waals surface area contributed by atoms with Gasteiger partial charge in [-0.05, 0) is 12.1 Å². The lowest BCUT2D eigenvalue weighted by Gasteiger charge is -2.05. The van der Waals surface area contributed by atoms with Crippen LogP contribution in [-0.2, 0) is 11.8 Å². The van der Waals surface area contributed by atoms with Crippen molar-refractivity contribution in [3.05, 3.63) is 24.2 Å². The number of carbonyl (C=O) groups is 1. The molecule has 2 aromatic rings. The molecule has 0 N–H and O–H groups in total. The Morgan fingerprint density at radius 2 is 2.47 bits per heavy atom. The van der Waals surface area contributed by atoms with Crippen LogP contribution < -0.4 is 0 Å². The Bertz CT molecular complexity index is 613. The summed E-state index contributed by atoms with van der Waals surface area (Å²) in [6.45, 7) is 0. The molecule has 0 amide bonds. The summed E-state index contributed by atoms with van der Waals surface area (Å²) in [6.07, 6.45) is 1.61. The number of nitrogens with zero attached hydrogens (tertiary/aromatic N) is 4. The molecule has 1 atom stereocenters. The summed E-state index contributed by atoms with van der Waals surface area (Å²) in [5.74, 6) is -1.11. The highest BCUT2D eigenvalue weighted by atomic mass is 35.5. The predicted molar refractivity (Wildman–Crippen MR) is 62.6 cm³/mol. The topological polar surface area (TPSA) is 71.6 Å². The van der Waals surface area contributed by atoms with Gasteiger partial charge in [-0.15, -0.1) is 11.6 Å². The van der Waals surface area contributed by atoms with Crippen LogP contribution >= 0.6 is 11.6 Å². The van der Waals surface area contributed by atoms with Crippen LogP contribution in [0.1, 0.15) is 11.7 Å². The molecule has 17 heavy (non-hydrogen) atoms. The fraction of sp³-hybridized carbons (Fsp3) is 0.273. The van der Waals surface area contributed by atoms with Gasteiger partial charge in [0.25, 0.3) is 0 Å². The Hall–Kier alpha value is -1.93. The zero-order valence-corrected chi connectivity index (χ0v) is 9.85. The number of hydrogen-bond donors (Lipinski definition) is 0. The second-order valence-corrected chi connectivity index (χ2v) is 3.80. The average molecular weight is 249 g/mol. The number of nitriles is 1. The first-order valence-electron chi connectivity index (χ1n) is 4.94. The number of hydrogen-bond acceptors (Lipinski definition) is 4. The molecule has 0 saturated heterocycles. The first kappa shape index (κ1) is 11.6. The number of pyridine rings is 1. The molecule has 0 aliphatic heterocycles. The van der Waals surface area contributed by atoms with Gasteiger partial charge in [0.15, 0.2) is 17.3 Å². The van der Waals surface area contributed by atoms with E-state index >= 15 is 0 Å². The van der Waals surface area contributed by atoms with Crippen LogP contribution in [0.4, 0.5) is 0 Å². The standard InChI is InChI=1S/C11H9ClN4O/c1-16-8-3-2-4-14-10(8)15-11(16)7(6-13)9(17)5-12/h2-4,7H,5H2,1H3. The van der Waals surface area contributed by atoms with Gasteiger partial charge in [0.1, 0.15) is 5.82 Å². The van der Waals surface area contributed by atoms with Crippen LogP contribution in [0.2, 0.25) is 0 Å². The fourth-order valence-corrected chi connectivity index (χ4v) is 1.81. The summed E-state index contributed by atoms with van der Waals surface area (Å²) in [7, 11) is 1.75. The Kier molecular flexibility index (Phi) is 3.07. The quantitative estimate of drug-likeness (QED) is 0.770. The Labute approximate surface area is 103 Å². The van der Waals surface area contributed by atoms with E-state index in [4.69, 9.17) is 16.9 Å². The van der Waals surface area contributed by atoms with Crippen molar-refractivity contribution in [2.24, 2.45) is 7.05 Å². The maximum Gasteiger partial charge on any atom is 0.177 e. The minimum absolute atomic E-state index is 0.200. The molecule has 0 saturated carbocycles. The van der Waals surface area contributed by atoms with Crippen molar-refractivity contribution >= 4 is 28.5 Å². The SMILES string of the molecule is Cn1c(C(C#N)C(=O)CCl)nc2ncccc21. The lowest BCUT2D eigenvalue weighted by molar-refractivity contribution is -0.117. The number of carbonyl (C=O) groups excluding carboxylic acids is 1. The van der Waals surface area contributed by atoms with Crippen LogP contribution in [0.25, 0.3) is 11.2 Å². The third-order valence-electron chi connectivity index (χ3n) is 2.53. The molecule has 1 unspecified atom stereocenters. The minimum atomic E-state index is -0.938. The molecule has 2 rings (SSSR count). The molecule has 2 heterocycles. The lowest BCUT2D eigenvalue weighted by Crippen LogP contribution is -2.16. The summed E-state index contributed by atoms with van der Waals surface area (Å²) in [6, 6.07) is 5.53. The molecule has 6 heteroatoms. The lowest BCUT2D eigenvalue weighted by atomic mass is 10.1. The highest BCUT2D eigenvalue weighted by Crippen LogP contribution is 2.20. The molecule has 0 aliphatic rings. The molecular weight excluding hydrogens is 240 g/mol. The predicted octanol–water partition coefficient (Wildman–Crippen LogP) is 1.38. The fourth-order valence-electron chi connectivity index (χ4n) is 1.65. The Balaban J connectivity index is 2.59. The molecule has 0 aliphatic carbocycles.